The van der Waals surface area contributed by atoms with E-state index in [1.54, 1.807) is 30.3 Å². The second-order valence-electron chi connectivity index (χ2n) is 6.09. The molecule has 0 aliphatic rings. The molecule has 29 heavy (non-hydrogen) atoms. The maximum absolute atomic E-state index is 14.2. The molecule has 10 heteroatoms. The Hall–Kier alpha value is -4.21. The number of carbonyl (C=O) groups is 1. The number of anilines is 1. The molecule has 144 valence electrons. The molecule has 4 aromatic rings. The summed E-state index contributed by atoms with van der Waals surface area (Å²) in [4.78, 5) is 15.4. The molecule has 4 rings (SSSR count). The number of hydrogen-bond donors (Lipinski definition) is 2. The predicted molar refractivity (Wildman–Crippen MR) is 101 cm³/mol. The van der Waals surface area contributed by atoms with Gasteiger partial charge < -0.3 is 11.5 Å². The van der Waals surface area contributed by atoms with Gasteiger partial charge in [0.25, 0.3) is 0 Å². The predicted octanol–water partition coefficient (Wildman–Crippen LogP) is 2.35. The zero-order chi connectivity index (χ0) is 20.5. The number of carbonyl (C=O) groups excluding carboxylic acids is 1. The molecule has 2 aromatic heterocycles. The SMILES string of the molecule is NC(=O)c1ccc(-c2cnc(N)c(-c3nnnn3-c3cccc(F)c3F)c2)cc1. The molecule has 0 bridgehead atoms. The van der Waals surface area contributed by atoms with Crippen LogP contribution in [0.3, 0.4) is 0 Å². The Morgan fingerprint density at radius 1 is 1.03 bits per heavy atom. The zero-order valence-electron chi connectivity index (χ0n) is 14.8. The highest BCUT2D eigenvalue weighted by atomic mass is 19.2. The maximum atomic E-state index is 14.2. The standard InChI is InChI=1S/C19H13F2N7O/c20-14-2-1-3-15(16(14)21)28-19(25-26-27-28)13-8-12(9-24-17(13)22)10-4-6-11(7-5-10)18(23)29/h1-9H,(H2,22,24)(H2,23,29). The van der Waals surface area contributed by atoms with Crippen molar-refractivity contribution in [3.63, 3.8) is 0 Å². The van der Waals surface area contributed by atoms with Crippen LogP contribution >= 0.6 is 0 Å². The molecule has 0 saturated heterocycles. The van der Waals surface area contributed by atoms with E-state index in [2.05, 4.69) is 20.5 Å². The number of pyridine rings is 1. The molecule has 0 spiro atoms. The number of halogens is 2. The quantitative estimate of drug-likeness (QED) is 0.548. The Kier molecular flexibility index (Phi) is 4.43. The molecule has 8 nitrogen and oxygen atoms in total. The highest BCUT2D eigenvalue weighted by molar-refractivity contribution is 5.93. The number of aromatic nitrogens is 5. The van der Waals surface area contributed by atoms with E-state index < -0.39 is 17.5 Å². The fourth-order valence-corrected chi connectivity index (χ4v) is 2.81. The Labute approximate surface area is 162 Å². The normalized spacial score (nSPS) is 10.8. The smallest absolute Gasteiger partial charge is 0.248 e. The van der Waals surface area contributed by atoms with Gasteiger partial charge in [-0.3, -0.25) is 4.79 Å². The van der Waals surface area contributed by atoms with Gasteiger partial charge in [0.1, 0.15) is 11.5 Å². The van der Waals surface area contributed by atoms with Crippen molar-refractivity contribution in [1.82, 2.24) is 25.2 Å². The Balaban J connectivity index is 1.81. The maximum Gasteiger partial charge on any atom is 0.248 e. The highest BCUT2D eigenvalue weighted by Gasteiger charge is 2.19. The van der Waals surface area contributed by atoms with Crippen molar-refractivity contribution >= 4 is 11.7 Å². The van der Waals surface area contributed by atoms with Gasteiger partial charge >= 0.3 is 0 Å². The minimum absolute atomic E-state index is 0.0927. The number of rotatable bonds is 4. The fourth-order valence-electron chi connectivity index (χ4n) is 2.81. The lowest BCUT2D eigenvalue weighted by atomic mass is 10.0. The van der Waals surface area contributed by atoms with Gasteiger partial charge in [0, 0.05) is 17.3 Å². The van der Waals surface area contributed by atoms with Crippen LogP contribution in [0, 0.1) is 11.6 Å². The van der Waals surface area contributed by atoms with Crippen molar-refractivity contribution in [2.75, 3.05) is 5.73 Å². The number of nitrogen functional groups attached to an aromatic ring is 1. The lowest BCUT2D eigenvalue weighted by Crippen LogP contribution is -2.10. The molecule has 0 unspecified atom stereocenters. The molecule has 0 aliphatic heterocycles. The van der Waals surface area contributed by atoms with Crippen LogP contribution in [0.15, 0.2) is 54.7 Å². The van der Waals surface area contributed by atoms with Gasteiger partial charge in [-0.25, -0.2) is 13.8 Å². The number of primary amides is 1. The first-order valence-corrected chi connectivity index (χ1v) is 8.34. The molecule has 0 aliphatic carbocycles. The third-order valence-electron chi connectivity index (χ3n) is 4.29. The number of benzene rings is 2. The molecular formula is C19H13F2N7O. The topological polar surface area (TPSA) is 126 Å². The van der Waals surface area contributed by atoms with Gasteiger partial charge in [0.15, 0.2) is 17.5 Å². The average Bonchev–Trinajstić information content (AvgIpc) is 3.20. The summed E-state index contributed by atoms with van der Waals surface area (Å²) >= 11 is 0. The van der Waals surface area contributed by atoms with E-state index in [0.717, 1.165) is 16.3 Å². The molecule has 0 saturated carbocycles. The van der Waals surface area contributed by atoms with E-state index in [-0.39, 0.29) is 17.3 Å². The molecule has 1 amide bonds. The third-order valence-corrected chi connectivity index (χ3v) is 4.29. The van der Waals surface area contributed by atoms with Crippen LogP contribution in [0.2, 0.25) is 0 Å². The van der Waals surface area contributed by atoms with Gasteiger partial charge in [0.05, 0.1) is 5.56 Å². The van der Waals surface area contributed by atoms with Crippen LogP contribution in [0.1, 0.15) is 10.4 Å². The Bertz CT molecular complexity index is 1220. The molecule has 2 aromatic carbocycles. The molecule has 0 fully saturated rings. The highest BCUT2D eigenvalue weighted by Crippen LogP contribution is 2.30. The minimum atomic E-state index is -1.09. The first kappa shape index (κ1) is 18.2. The summed E-state index contributed by atoms with van der Waals surface area (Å²) in [5.41, 5.74) is 13.2. The van der Waals surface area contributed by atoms with Gasteiger partial charge in [-0.2, -0.15) is 4.68 Å². The summed E-state index contributed by atoms with van der Waals surface area (Å²) in [6.45, 7) is 0. The fraction of sp³-hybridized carbons (Fsp3) is 0. The van der Waals surface area contributed by atoms with Crippen LogP contribution in [0.25, 0.3) is 28.2 Å². The van der Waals surface area contributed by atoms with Crippen molar-refractivity contribution in [2.45, 2.75) is 0 Å². The molecule has 0 atom stereocenters. The summed E-state index contributed by atoms with van der Waals surface area (Å²) in [6, 6.07) is 11.9. The van der Waals surface area contributed by atoms with Crippen LogP contribution in [0.5, 0.6) is 0 Å². The lowest BCUT2D eigenvalue weighted by molar-refractivity contribution is 0.100. The van der Waals surface area contributed by atoms with Crippen molar-refractivity contribution in [3.8, 4) is 28.2 Å². The molecule has 4 N–H and O–H groups in total. The summed E-state index contributed by atoms with van der Waals surface area (Å²) < 4.78 is 28.9. The van der Waals surface area contributed by atoms with Gasteiger partial charge in [-0.1, -0.05) is 18.2 Å². The summed E-state index contributed by atoms with van der Waals surface area (Å²) in [7, 11) is 0. The number of tetrazole rings is 1. The van der Waals surface area contributed by atoms with E-state index >= 15 is 0 Å². The van der Waals surface area contributed by atoms with Crippen molar-refractivity contribution in [2.24, 2.45) is 5.73 Å². The van der Waals surface area contributed by atoms with E-state index in [1.165, 1.54) is 18.3 Å². The Morgan fingerprint density at radius 2 is 1.79 bits per heavy atom. The van der Waals surface area contributed by atoms with Crippen LogP contribution in [-0.2, 0) is 0 Å². The first-order valence-electron chi connectivity index (χ1n) is 8.34. The zero-order valence-corrected chi connectivity index (χ0v) is 14.8. The number of hydrogen-bond acceptors (Lipinski definition) is 6. The van der Waals surface area contributed by atoms with Gasteiger partial charge in [-0.15, -0.1) is 5.10 Å². The van der Waals surface area contributed by atoms with E-state index in [1.807, 2.05) is 0 Å². The summed E-state index contributed by atoms with van der Waals surface area (Å²) in [5, 5.41) is 11.2. The van der Waals surface area contributed by atoms with Crippen LogP contribution in [-0.4, -0.2) is 31.1 Å². The van der Waals surface area contributed by atoms with Gasteiger partial charge in [0.2, 0.25) is 5.91 Å². The monoisotopic (exact) mass is 393 g/mol. The number of amides is 1. The molecule has 0 radical (unpaired) electrons. The van der Waals surface area contributed by atoms with E-state index in [0.29, 0.717) is 16.7 Å². The first-order chi connectivity index (χ1) is 14.0. The minimum Gasteiger partial charge on any atom is -0.383 e. The van der Waals surface area contributed by atoms with Crippen LogP contribution < -0.4 is 11.5 Å². The Morgan fingerprint density at radius 3 is 2.52 bits per heavy atom. The number of nitrogens with zero attached hydrogens (tertiary/aromatic N) is 5. The lowest BCUT2D eigenvalue weighted by Gasteiger charge is -2.10. The third kappa shape index (κ3) is 3.27. The molecular weight excluding hydrogens is 380 g/mol. The van der Waals surface area contributed by atoms with Gasteiger partial charge in [-0.05, 0) is 46.3 Å². The molecule has 2 heterocycles. The van der Waals surface area contributed by atoms with E-state index in [9.17, 15) is 13.6 Å². The van der Waals surface area contributed by atoms with Crippen molar-refractivity contribution < 1.29 is 13.6 Å². The largest absolute Gasteiger partial charge is 0.383 e. The second-order valence-corrected chi connectivity index (χ2v) is 6.09. The van der Waals surface area contributed by atoms with E-state index in [4.69, 9.17) is 11.5 Å². The van der Waals surface area contributed by atoms with Crippen molar-refractivity contribution in [3.05, 3.63) is 71.9 Å². The average molecular weight is 393 g/mol. The van der Waals surface area contributed by atoms with Crippen molar-refractivity contribution in [1.29, 1.82) is 0 Å². The second kappa shape index (κ2) is 7.08. The summed E-state index contributed by atoms with van der Waals surface area (Å²) in [6.07, 6.45) is 1.54. The van der Waals surface area contributed by atoms with Crippen LogP contribution in [0.4, 0.5) is 14.6 Å². The number of nitrogens with two attached hydrogens (primary N) is 2. The summed E-state index contributed by atoms with van der Waals surface area (Å²) in [5.74, 6) is -2.46.